The summed E-state index contributed by atoms with van der Waals surface area (Å²) in [5.74, 6) is -2.38. The molecular formula is C26H20F3N5O3S. The molecule has 4 aromatic rings. The number of carbonyl (C=O) groups is 1. The second-order valence-electron chi connectivity index (χ2n) is 8.81. The Morgan fingerprint density at radius 2 is 1.87 bits per heavy atom. The number of nitrogens with one attached hydrogen (secondary N) is 1. The third-order valence-corrected chi connectivity index (χ3v) is 7.40. The van der Waals surface area contributed by atoms with Crippen molar-refractivity contribution in [2.45, 2.75) is 24.4 Å². The van der Waals surface area contributed by atoms with Gasteiger partial charge in [0.15, 0.2) is 0 Å². The third kappa shape index (κ3) is 5.29. The van der Waals surface area contributed by atoms with Crippen molar-refractivity contribution >= 4 is 17.2 Å². The summed E-state index contributed by atoms with van der Waals surface area (Å²) >= 11 is 1.53. The number of amides is 1. The first kappa shape index (κ1) is 25.6. The van der Waals surface area contributed by atoms with E-state index in [-0.39, 0.29) is 29.1 Å². The summed E-state index contributed by atoms with van der Waals surface area (Å²) < 4.78 is 48.6. The van der Waals surface area contributed by atoms with Crippen molar-refractivity contribution < 1.29 is 27.2 Å². The largest absolute Gasteiger partial charge is 0.471 e. The van der Waals surface area contributed by atoms with E-state index in [9.17, 15) is 23.2 Å². The number of hydrogen-bond donors (Lipinski definition) is 1. The van der Waals surface area contributed by atoms with E-state index in [2.05, 4.69) is 20.0 Å². The van der Waals surface area contributed by atoms with Crippen LogP contribution in [0.4, 0.5) is 13.2 Å². The van der Waals surface area contributed by atoms with Gasteiger partial charge in [0.1, 0.15) is 5.01 Å². The molecule has 0 aliphatic carbocycles. The van der Waals surface area contributed by atoms with E-state index in [4.69, 9.17) is 9.72 Å². The lowest BCUT2D eigenvalue weighted by molar-refractivity contribution is -0.159. The van der Waals surface area contributed by atoms with Crippen LogP contribution in [0.15, 0.2) is 58.4 Å². The van der Waals surface area contributed by atoms with Crippen molar-refractivity contribution in [3.63, 3.8) is 0 Å². The summed E-state index contributed by atoms with van der Waals surface area (Å²) in [6, 6.07) is 15.7. The summed E-state index contributed by atoms with van der Waals surface area (Å²) in [4.78, 5) is 21.4. The zero-order valence-corrected chi connectivity index (χ0v) is 20.6. The van der Waals surface area contributed by atoms with Crippen molar-refractivity contribution in [2.24, 2.45) is 0 Å². The van der Waals surface area contributed by atoms with Crippen LogP contribution in [0.3, 0.4) is 0 Å². The van der Waals surface area contributed by atoms with Gasteiger partial charge in [0.05, 0.1) is 17.3 Å². The summed E-state index contributed by atoms with van der Waals surface area (Å²) in [6.07, 6.45) is -3.50. The number of aromatic nitrogens is 3. The van der Waals surface area contributed by atoms with E-state index >= 15 is 0 Å². The van der Waals surface area contributed by atoms with Gasteiger partial charge in [-0.1, -0.05) is 35.5 Å². The number of rotatable bonds is 6. The second kappa shape index (κ2) is 10.4. The average molecular weight is 540 g/mol. The monoisotopic (exact) mass is 539 g/mol. The predicted octanol–water partition coefficient (Wildman–Crippen LogP) is 5.23. The maximum absolute atomic E-state index is 13.2. The molecule has 2 aromatic heterocycles. The molecule has 1 saturated heterocycles. The molecule has 0 bridgehead atoms. The molecule has 0 saturated carbocycles. The van der Waals surface area contributed by atoms with Crippen LogP contribution in [0.1, 0.15) is 39.7 Å². The first-order chi connectivity index (χ1) is 18.3. The number of benzene rings is 2. The van der Waals surface area contributed by atoms with Gasteiger partial charge >= 0.3 is 12.1 Å². The molecule has 8 nitrogen and oxygen atoms in total. The molecule has 1 fully saturated rings. The van der Waals surface area contributed by atoms with Crippen molar-refractivity contribution in [3.8, 4) is 28.7 Å². The summed E-state index contributed by atoms with van der Waals surface area (Å²) in [5.41, 5.74) is 1.62. The number of ether oxygens (including phenoxy) is 1. The molecule has 0 radical (unpaired) electrons. The normalized spacial score (nSPS) is 15.1. The fraction of sp³-hybridized carbons (Fsp3) is 0.269. The average Bonchev–Trinajstić information content (AvgIpc) is 3.64. The van der Waals surface area contributed by atoms with Gasteiger partial charge in [-0.2, -0.15) is 23.4 Å². The van der Waals surface area contributed by atoms with E-state index < -0.39 is 23.4 Å². The topological polar surface area (TPSA) is 114 Å². The SMILES string of the molecule is N#Cc1cc(C(=O)NCC2(c3nc(-c4ccccc4)cs3)CCOCC2)cc(-c2noc(C(F)(F)F)n2)c1. The van der Waals surface area contributed by atoms with Crippen LogP contribution in [0.25, 0.3) is 22.6 Å². The van der Waals surface area contributed by atoms with E-state index in [0.29, 0.717) is 26.1 Å². The van der Waals surface area contributed by atoms with Gasteiger partial charge in [-0.25, -0.2) is 4.98 Å². The van der Waals surface area contributed by atoms with Crippen LogP contribution in [-0.4, -0.2) is 40.8 Å². The Morgan fingerprint density at radius 1 is 1.11 bits per heavy atom. The Kier molecular flexibility index (Phi) is 6.96. The second-order valence-corrected chi connectivity index (χ2v) is 9.67. The first-order valence-corrected chi connectivity index (χ1v) is 12.5. The van der Waals surface area contributed by atoms with Crippen molar-refractivity contribution in [3.05, 3.63) is 75.9 Å². The Bertz CT molecular complexity index is 1490. The van der Waals surface area contributed by atoms with Gasteiger partial charge in [0, 0.05) is 47.2 Å². The number of nitriles is 1. The molecular weight excluding hydrogens is 519 g/mol. The van der Waals surface area contributed by atoms with Crippen LogP contribution in [-0.2, 0) is 16.3 Å². The highest BCUT2D eigenvalue weighted by atomic mass is 32.1. The number of halogens is 3. The molecule has 3 heterocycles. The van der Waals surface area contributed by atoms with Gasteiger partial charge < -0.3 is 14.6 Å². The molecule has 12 heteroatoms. The van der Waals surface area contributed by atoms with E-state index in [0.717, 1.165) is 16.3 Å². The maximum Gasteiger partial charge on any atom is 0.471 e. The minimum absolute atomic E-state index is 0.0571. The van der Waals surface area contributed by atoms with Gasteiger partial charge in [-0.05, 0) is 31.0 Å². The third-order valence-electron chi connectivity index (χ3n) is 6.32. The molecule has 0 atom stereocenters. The van der Waals surface area contributed by atoms with Gasteiger partial charge in [0.25, 0.3) is 5.91 Å². The molecule has 5 rings (SSSR count). The Balaban J connectivity index is 1.39. The zero-order chi connectivity index (χ0) is 26.8. The van der Waals surface area contributed by atoms with Crippen molar-refractivity contribution in [2.75, 3.05) is 19.8 Å². The Hall–Kier alpha value is -4.08. The van der Waals surface area contributed by atoms with Crippen LogP contribution < -0.4 is 5.32 Å². The van der Waals surface area contributed by atoms with E-state index in [1.165, 1.54) is 29.5 Å². The molecule has 194 valence electrons. The summed E-state index contributed by atoms with van der Waals surface area (Å²) in [7, 11) is 0. The Morgan fingerprint density at radius 3 is 2.55 bits per heavy atom. The molecule has 0 unspecified atom stereocenters. The van der Waals surface area contributed by atoms with Gasteiger partial charge in [-0.3, -0.25) is 4.79 Å². The number of carbonyl (C=O) groups excluding carboxylic acids is 1. The number of hydrogen-bond acceptors (Lipinski definition) is 8. The van der Waals surface area contributed by atoms with Gasteiger partial charge in [-0.15, -0.1) is 11.3 Å². The summed E-state index contributed by atoms with van der Waals surface area (Å²) in [5, 5.41) is 18.6. The highest BCUT2D eigenvalue weighted by Gasteiger charge is 2.39. The van der Waals surface area contributed by atoms with Crippen molar-refractivity contribution in [1.82, 2.24) is 20.4 Å². The quantitative estimate of drug-likeness (QED) is 0.357. The van der Waals surface area contributed by atoms with E-state index in [1.807, 2.05) is 41.8 Å². The van der Waals surface area contributed by atoms with E-state index in [1.54, 1.807) is 0 Å². The van der Waals surface area contributed by atoms with Crippen LogP contribution >= 0.6 is 11.3 Å². The standard InChI is InChI=1S/C26H20F3N5O3S/c27-26(28,29)23-33-21(34-37-23)18-10-16(13-30)11-19(12-18)22(35)31-15-25(6-8-36-9-7-25)24-32-20(14-38-24)17-4-2-1-3-5-17/h1-5,10-12,14H,6-9,15H2,(H,31,35). The molecule has 1 N–H and O–H groups in total. The predicted molar refractivity (Wildman–Crippen MR) is 131 cm³/mol. The first-order valence-electron chi connectivity index (χ1n) is 11.6. The molecule has 38 heavy (non-hydrogen) atoms. The molecule has 1 aliphatic rings. The minimum atomic E-state index is -4.81. The molecule has 0 spiro atoms. The Labute approximate surface area is 219 Å². The molecule has 1 amide bonds. The maximum atomic E-state index is 13.2. The summed E-state index contributed by atoms with van der Waals surface area (Å²) in [6.45, 7) is 1.30. The fourth-order valence-corrected chi connectivity index (χ4v) is 5.34. The molecule has 1 aliphatic heterocycles. The number of thiazole rings is 1. The minimum Gasteiger partial charge on any atom is -0.381 e. The zero-order valence-electron chi connectivity index (χ0n) is 19.8. The molecule has 2 aromatic carbocycles. The van der Waals surface area contributed by atoms with Crippen LogP contribution in [0.2, 0.25) is 0 Å². The number of nitrogens with zero attached hydrogens (tertiary/aromatic N) is 4. The lowest BCUT2D eigenvalue weighted by Crippen LogP contribution is -2.44. The smallest absolute Gasteiger partial charge is 0.381 e. The fourth-order valence-electron chi connectivity index (χ4n) is 4.25. The lowest BCUT2D eigenvalue weighted by Gasteiger charge is -2.35. The van der Waals surface area contributed by atoms with Gasteiger partial charge in [0.2, 0.25) is 5.82 Å². The van der Waals surface area contributed by atoms with Crippen LogP contribution in [0, 0.1) is 11.3 Å². The highest BCUT2D eigenvalue weighted by molar-refractivity contribution is 7.10. The number of alkyl halides is 3. The lowest BCUT2D eigenvalue weighted by atomic mass is 9.80. The van der Waals surface area contributed by atoms with Crippen molar-refractivity contribution in [1.29, 1.82) is 5.26 Å². The van der Waals surface area contributed by atoms with Crippen LogP contribution in [0.5, 0.6) is 0 Å². The highest BCUT2D eigenvalue weighted by Crippen LogP contribution is 2.38.